The Morgan fingerprint density at radius 3 is 2.11 bits per heavy atom. The highest BCUT2D eigenvalue weighted by molar-refractivity contribution is 4.85. The Hall–Kier alpha value is -0.290. The minimum absolute atomic E-state index is 0.0488. The molecule has 0 aromatic carbocycles. The van der Waals surface area contributed by atoms with E-state index in [1.807, 2.05) is 13.8 Å². The third kappa shape index (κ3) is 5.14. The van der Waals surface area contributed by atoms with Gasteiger partial charge < -0.3 is 5.32 Å². The smallest absolute Gasteiger partial charge is 0.314 e. The number of halogens is 3. The molecule has 1 aliphatic carbocycles. The van der Waals surface area contributed by atoms with E-state index in [2.05, 4.69) is 12.2 Å². The van der Waals surface area contributed by atoms with Gasteiger partial charge in [0.25, 0.3) is 0 Å². The molecule has 2 nitrogen and oxygen atoms in total. The molecule has 1 saturated carbocycles. The van der Waals surface area contributed by atoms with Gasteiger partial charge in [-0.05, 0) is 46.1 Å². The van der Waals surface area contributed by atoms with Crippen molar-refractivity contribution in [1.82, 2.24) is 10.2 Å². The average molecular weight is 266 g/mol. The van der Waals surface area contributed by atoms with Crippen LogP contribution in [0.4, 0.5) is 13.2 Å². The molecule has 0 radical (unpaired) electrons. The Bertz CT molecular complexity index is 233. The molecule has 0 unspecified atom stereocenters. The highest BCUT2D eigenvalue weighted by atomic mass is 19.4. The van der Waals surface area contributed by atoms with Gasteiger partial charge in [-0.3, -0.25) is 4.90 Å². The molecule has 0 spiro atoms. The molecule has 1 aliphatic rings. The standard InChI is InChI=1S/C13H25F3N2/c1-4-17-11-5-7-12(8-6-11)18(10(2)3)9-13(14,15)16/h10-12,17H,4-9H2,1-3H3. The van der Waals surface area contributed by atoms with Crippen molar-refractivity contribution >= 4 is 0 Å². The number of hydrogen-bond donors (Lipinski definition) is 1. The number of nitrogens with one attached hydrogen (secondary N) is 1. The maximum atomic E-state index is 12.6. The Morgan fingerprint density at radius 2 is 1.72 bits per heavy atom. The van der Waals surface area contributed by atoms with Gasteiger partial charge in [-0.15, -0.1) is 0 Å². The molecule has 0 aromatic heterocycles. The Labute approximate surface area is 108 Å². The number of nitrogens with zero attached hydrogens (tertiary/aromatic N) is 1. The van der Waals surface area contributed by atoms with Gasteiger partial charge in [-0.2, -0.15) is 13.2 Å². The SMILES string of the molecule is CCNC1CCC(N(CC(F)(F)F)C(C)C)CC1. The van der Waals surface area contributed by atoms with E-state index in [-0.39, 0.29) is 12.1 Å². The second-order valence-corrected chi connectivity index (χ2v) is 5.44. The first kappa shape index (κ1) is 15.8. The van der Waals surface area contributed by atoms with E-state index in [4.69, 9.17) is 0 Å². The van der Waals surface area contributed by atoms with Gasteiger partial charge in [0.2, 0.25) is 0 Å². The predicted octanol–water partition coefficient (Wildman–Crippen LogP) is 3.18. The molecular weight excluding hydrogens is 241 g/mol. The molecule has 1 N–H and O–H groups in total. The fraction of sp³-hybridized carbons (Fsp3) is 1.00. The van der Waals surface area contributed by atoms with Crippen LogP contribution >= 0.6 is 0 Å². The van der Waals surface area contributed by atoms with Crippen molar-refractivity contribution in [1.29, 1.82) is 0 Å². The minimum atomic E-state index is -4.09. The molecule has 1 rings (SSSR count). The molecule has 0 bridgehead atoms. The summed E-state index contributed by atoms with van der Waals surface area (Å²) in [4.78, 5) is 1.61. The summed E-state index contributed by atoms with van der Waals surface area (Å²) in [6, 6.07) is 0.528. The normalized spacial score (nSPS) is 26.0. The van der Waals surface area contributed by atoms with Gasteiger partial charge >= 0.3 is 6.18 Å². The molecule has 0 aliphatic heterocycles. The third-order valence-corrected chi connectivity index (χ3v) is 3.68. The molecule has 1 fully saturated rings. The summed E-state index contributed by atoms with van der Waals surface area (Å²) in [5.41, 5.74) is 0. The lowest BCUT2D eigenvalue weighted by Crippen LogP contribution is -2.48. The summed E-state index contributed by atoms with van der Waals surface area (Å²) in [7, 11) is 0. The Kier molecular flexibility index (Phi) is 5.92. The molecule has 0 aromatic rings. The van der Waals surface area contributed by atoms with Gasteiger partial charge in [-0.1, -0.05) is 6.92 Å². The molecule has 0 amide bonds. The van der Waals surface area contributed by atoms with Crippen molar-refractivity contribution in [2.75, 3.05) is 13.1 Å². The maximum Gasteiger partial charge on any atom is 0.401 e. The summed E-state index contributed by atoms with van der Waals surface area (Å²) in [5.74, 6) is 0. The quantitative estimate of drug-likeness (QED) is 0.822. The number of hydrogen-bond acceptors (Lipinski definition) is 2. The molecule has 108 valence electrons. The van der Waals surface area contributed by atoms with Crippen LogP contribution in [0.3, 0.4) is 0 Å². The lowest BCUT2D eigenvalue weighted by atomic mass is 9.89. The first-order chi connectivity index (χ1) is 8.33. The highest BCUT2D eigenvalue weighted by Gasteiger charge is 2.36. The van der Waals surface area contributed by atoms with Crippen LogP contribution in [-0.2, 0) is 0 Å². The molecule has 0 heterocycles. The number of alkyl halides is 3. The molecule has 0 atom stereocenters. The van der Waals surface area contributed by atoms with E-state index in [0.717, 1.165) is 32.2 Å². The molecule has 0 saturated heterocycles. The average Bonchev–Trinajstić information content (AvgIpc) is 2.26. The third-order valence-electron chi connectivity index (χ3n) is 3.68. The van der Waals surface area contributed by atoms with Crippen molar-refractivity contribution < 1.29 is 13.2 Å². The summed E-state index contributed by atoms with van der Waals surface area (Å²) in [6.07, 6.45) is -0.389. The van der Waals surface area contributed by atoms with Crippen molar-refractivity contribution in [2.45, 2.75) is 70.8 Å². The van der Waals surface area contributed by atoms with E-state index in [9.17, 15) is 13.2 Å². The minimum Gasteiger partial charge on any atom is -0.314 e. The molecule has 18 heavy (non-hydrogen) atoms. The zero-order valence-electron chi connectivity index (χ0n) is 11.6. The van der Waals surface area contributed by atoms with Crippen LogP contribution in [0.2, 0.25) is 0 Å². The van der Waals surface area contributed by atoms with Crippen molar-refractivity contribution in [3.05, 3.63) is 0 Å². The van der Waals surface area contributed by atoms with E-state index in [0.29, 0.717) is 6.04 Å². The van der Waals surface area contributed by atoms with E-state index in [1.54, 1.807) is 4.90 Å². The van der Waals surface area contributed by atoms with Crippen LogP contribution in [-0.4, -0.2) is 42.3 Å². The van der Waals surface area contributed by atoms with E-state index in [1.165, 1.54) is 0 Å². The first-order valence-corrected chi connectivity index (χ1v) is 6.89. The van der Waals surface area contributed by atoms with Crippen LogP contribution in [0.25, 0.3) is 0 Å². The highest BCUT2D eigenvalue weighted by Crippen LogP contribution is 2.28. The van der Waals surface area contributed by atoms with E-state index < -0.39 is 12.7 Å². The van der Waals surface area contributed by atoms with Crippen LogP contribution in [0.5, 0.6) is 0 Å². The summed E-state index contributed by atoms with van der Waals surface area (Å²) in [6.45, 7) is 5.92. The van der Waals surface area contributed by atoms with Crippen LogP contribution < -0.4 is 5.32 Å². The van der Waals surface area contributed by atoms with Crippen LogP contribution in [0.15, 0.2) is 0 Å². The zero-order valence-corrected chi connectivity index (χ0v) is 11.6. The first-order valence-electron chi connectivity index (χ1n) is 6.89. The fourth-order valence-corrected chi connectivity index (χ4v) is 2.84. The summed E-state index contributed by atoms with van der Waals surface area (Å²) < 4.78 is 37.7. The van der Waals surface area contributed by atoms with Crippen LogP contribution in [0, 0.1) is 0 Å². The summed E-state index contributed by atoms with van der Waals surface area (Å²) >= 11 is 0. The van der Waals surface area contributed by atoms with Gasteiger partial charge in [-0.25, -0.2) is 0 Å². The van der Waals surface area contributed by atoms with Gasteiger partial charge in [0, 0.05) is 18.1 Å². The Morgan fingerprint density at radius 1 is 1.17 bits per heavy atom. The number of rotatable bonds is 5. The van der Waals surface area contributed by atoms with Crippen molar-refractivity contribution in [3.8, 4) is 0 Å². The van der Waals surface area contributed by atoms with Gasteiger partial charge in [0.05, 0.1) is 6.54 Å². The van der Waals surface area contributed by atoms with Gasteiger partial charge in [0.15, 0.2) is 0 Å². The lowest BCUT2D eigenvalue weighted by Gasteiger charge is -2.39. The Balaban J connectivity index is 2.51. The maximum absolute atomic E-state index is 12.6. The molecule has 5 heteroatoms. The lowest BCUT2D eigenvalue weighted by molar-refractivity contribution is -0.156. The largest absolute Gasteiger partial charge is 0.401 e. The topological polar surface area (TPSA) is 15.3 Å². The van der Waals surface area contributed by atoms with Crippen LogP contribution in [0.1, 0.15) is 46.5 Å². The molecular formula is C13H25F3N2. The van der Waals surface area contributed by atoms with Crippen molar-refractivity contribution in [2.24, 2.45) is 0 Å². The van der Waals surface area contributed by atoms with Crippen molar-refractivity contribution in [3.63, 3.8) is 0 Å². The second-order valence-electron chi connectivity index (χ2n) is 5.44. The second kappa shape index (κ2) is 6.75. The summed E-state index contributed by atoms with van der Waals surface area (Å²) in [5, 5.41) is 3.38. The monoisotopic (exact) mass is 266 g/mol. The van der Waals surface area contributed by atoms with Gasteiger partial charge in [0.1, 0.15) is 0 Å². The fourth-order valence-electron chi connectivity index (χ4n) is 2.84. The predicted molar refractivity (Wildman–Crippen MR) is 67.6 cm³/mol. The van der Waals surface area contributed by atoms with E-state index >= 15 is 0 Å². The zero-order chi connectivity index (χ0) is 13.8.